The molecular formula is C8H8N6. The molecule has 0 saturated carbocycles. The molecule has 2 heterocycles. The summed E-state index contributed by atoms with van der Waals surface area (Å²) in [6, 6.07) is 0. The molecule has 2 N–H and O–H groups in total. The lowest BCUT2D eigenvalue weighted by atomic mass is 10.2. The molecule has 6 heteroatoms. The summed E-state index contributed by atoms with van der Waals surface area (Å²) in [6.07, 6.45) is 4.73. The van der Waals surface area contributed by atoms with Gasteiger partial charge in [-0.3, -0.25) is 9.97 Å². The molecule has 0 fully saturated rings. The Morgan fingerprint density at radius 1 is 1.21 bits per heavy atom. The molecule has 0 atom stereocenters. The summed E-state index contributed by atoms with van der Waals surface area (Å²) < 4.78 is 0. The molecule has 6 nitrogen and oxygen atoms in total. The number of nitrogens with two attached hydrogens (primary N) is 1. The van der Waals surface area contributed by atoms with E-state index in [0.717, 1.165) is 5.69 Å². The van der Waals surface area contributed by atoms with Gasteiger partial charge in [0.25, 0.3) is 0 Å². The van der Waals surface area contributed by atoms with Gasteiger partial charge in [0.05, 0.1) is 11.9 Å². The van der Waals surface area contributed by atoms with Crippen LogP contribution in [-0.2, 0) is 0 Å². The molecule has 0 saturated heterocycles. The van der Waals surface area contributed by atoms with Crippen LogP contribution in [0, 0.1) is 6.92 Å². The van der Waals surface area contributed by atoms with E-state index in [-0.39, 0.29) is 5.95 Å². The second-order valence-electron chi connectivity index (χ2n) is 2.69. The number of anilines is 1. The number of nitrogens with zero attached hydrogens (tertiary/aromatic N) is 5. The molecule has 0 aromatic carbocycles. The monoisotopic (exact) mass is 188 g/mol. The SMILES string of the molecule is Cc1nccnc1-c1cnnc(N)n1. The predicted molar refractivity (Wildman–Crippen MR) is 50.0 cm³/mol. The Bertz CT molecular complexity index is 455. The van der Waals surface area contributed by atoms with Crippen molar-refractivity contribution in [2.24, 2.45) is 0 Å². The average molecular weight is 188 g/mol. The zero-order chi connectivity index (χ0) is 9.97. The van der Waals surface area contributed by atoms with Crippen molar-refractivity contribution >= 4 is 5.95 Å². The molecule has 2 rings (SSSR count). The van der Waals surface area contributed by atoms with Gasteiger partial charge >= 0.3 is 0 Å². The van der Waals surface area contributed by atoms with Gasteiger partial charge in [-0.15, -0.1) is 5.10 Å². The smallest absolute Gasteiger partial charge is 0.240 e. The highest BCUT2D eigenvalue weighted by atomic mass is 15.2. The van der Waals surface area contributed by atoms with Crippen molar-refractivity contribution in [3.8, 4) is 11.4 Å². The quantitative estimate of drug-likeness (QED) is 0.688. The van der Waals surface area contributed by atoms with Gasteiger partial charge in [0.15, 0.2) is 0 Å². The van der Waals surface area contributed by atoms with E-state index in [1.165, 1.54) is 6.20 Å². The zero-order valence-corrected chi connectivity index (χ0v) is 7.55. The topological polar surface area (TPSA) is 90.5 Å². The molecule has 70 valence electrons. The van der Waals surface area contributed by atoms with Gasteiger partial charge in [0.1, 0.15) is 11.4 Å². The number of aromatic nitrogens is 5. The van der Waals surface area contributed by atoms with E-state index < -0.39 is 0 Å². The van der Waals surface area contributed by atoms with Crippen LogP contribution in [0.1, 0.15) is 5.69 Å². The maximum absolute atomic E-state index is 5.41. The largest absolute Gasteiger partial charge is 0.366 e. The average Bonchev–Trinajstić information content (AvgIpc) is 2.18. The number of hydrogen-bond acceptors (Lipinski definition) is 6. The van der Waals surface area contributed by atoms with E-state index in [4.69, 9.17) is 5.73 Å². The molecule has 0 amide bonds. The number of hydrogen-bond donors (Lipinski definition) is 1. The van der Waals surface area contributed by atoms with Gasteiger partial charge in [-0.25, -0.2) is 4.98 Å². The number of aryl methyl sites for hydroxylation is 1. The van der Waals surface area contributed by atoms with E-state index in [1.807, 2.05) is 6.92 Å². The summed E-state index contributed by atoms with van der Waals surface area (Å²) >= 11 is 0. The highest BCUT2D eigenvalue weighted by Gasteiger charge is 2.06. The van der Waals surface area contributed by atoms with Gasteiger partial charge in [-0.05, 0) is 6.92 Å². The van der Waals surface area contributed by atoms with Crippen LogP contribution >= 0.6 is 0 Å². The van der Waals surface area contributed by atoms with Gasteiger partial charge in [0.2, 0.25) is 5.95 Å². The standard InChI is InChI=1S/C8H8N6/c1-5-7(11-3-2-10-5)6-4-12-14-8(9)13-6/h2-4H,1H3,(H2,9,13,14). The summed E-state index contributed by atoms with van der Waals surface area (Å²) in [5.74, 6) is 0.132. The maximum Gasteiger partial charge on any atom is 0.240 e. The van der Waals surface area contributed by atoms with Crippen LogP contribution in [0.4, 0.5) is 5.95 Å². The summed E-state index contributed by atoms with van der Waals surface area (Å²) in [4.78, 5) is 12.2. The maximum atomic E-state index is 5.41. The van der Waals surface area contributed by atoms with Crippen molar-refractivity contribution in [3.05, 3.63) is 24.3 Å². The van der Waals surface area contributed by atoms with Gasteiger partial charge in [-0.1, -0.05) is 0 Å². The fraction of sp³-hybridized carbons (Fsp3) is 0.125. The van der Waals surface area contributed by atoms with Crippen LogP contribution in [0.3, 0.4) is 0 Å². The summed E-state index contributed by atoms with van der Waals surface area (Å²) in [6.45, 7) is 1.85. The first-order chi connectivity index (χ1) is 6.77. The molecular weight excluding hydrogens is 180 g/mol. The summed E-state index contributed by atoms with van der Waals surface area (Å²) in [5.41, 5.74) is 7.46. The molecule has 14 heavy (non-hydrogen) atoms. The van der Waals surface area contributed by atoms with Crippen LogP contribution < -0.4 is 5.73 Å². The highest BCUT2D eigenvalue weighted by Crippen LogP contribution is 2.14. The fourth-order valence-corrected chi connectivity index (χ4v) is 1.09. The minimum atomic E-state index is 0.132. The van der Waals surface area contributed by atoms with Crippen LogP contribution in [-0.4, -0.2) is 25.1 Å². The van der Waals surface area contributed by atoms with Gasteiger partial charge in [-0.2, -0.15) is 5.10 Å². The molecule has 0 aliphatic carbocycles. The Balaban J connectivity index is 2.55. The molecule has 0 aliphatic rings. The van der Waals surface area contributed by atoms with E-state index in [0.29, 0.717) is 11.4 Å². The van der Waals surface area contributed by atoms with Crippen LogP contribution in [0.25, 0.3) is 11.4 Å². The highest BCUT2D eigenvalue weighted by molar-refractivity contribution is 5.55. The summed E-state index contributed by atoms with van der Waals surface area (Å²) in [7, 11) is 0. The van der Waals surface area contributed by atoms with Gasteiger partial charge < -0.3 is 5.73 Å². The second-order valence-corrected chi connectivity index (χ2v) is 2.69. The summed E-state index contributed by atoms with van der Waals surface area (Å²) in [5, 5.41) is 7.26. The minimum Gasteiger partial charge on any atom is -0.366 e. The van der Waals surface area contributed by atoms with E-state index in [9.17, 15) is 0 Å². The lowest BCUT2D eigenvalue weighted by Gasteiger charge is -2.01. The molecule has 0 radical (unpaired) electrons. The van der Waals surface area contributed by atoms with Crippen LogP contribution in [0.15, 0.2) is 18.6 Å². The first-order valence-electron chi connectivity index (χ1n) is 4.00. The first-order valence-corrected chi connectivity index (χ1v) is 4.00. The minimum absolute atomic E-state index is 0.132. The Morgan fingerprint density at radius 3 is 2.71 bits per heavy atom. The van der Waals surface area contributed by atoms with E-state index in [2.05, 4.69) is 25.1 Å². The lowest BCUT2D eigenvalue weighted by Crippen LogP contribution is -2.00. The number of rotatable bonds is 1. The Hall–Kier alpha value is -2.11. The van der Waals surface area contributed by atoms with Crippen molar-refractivity contribution in [1.29, 1.82) is 0 Å². The molecule has 0 aliphatic heterocycles. The van der Waals surface area contributed by atoms with Crippen molar-refractivity contribution in [1.82, 2.24) is 25.1 Å². The zero-order valence-electron chi connectivity index (χ0n) is 7.55. The molecule has 2 aromatic heterocycles. The predicted octanol–water partition coefficient (Wildman–Crippen LogP) is 0.219. The first kappa shape index (κ1) is 8.49. The van der Waals surface area contributed by atoms with E-state index >= 15 is 0 Å². The normalized spacial score (nSPS) is 10.1. The van der Waals surface area contributed by atoms with Crippen LogP contribution in [0.5, 0.6) is 0 Å². The number of nitrogen functional groups attached to an aromatic ring is 1. The third-order valence-electron chi connectivity index (χ3n) is 1.70. The van der Waals surface area contributed by atoms with Crippen molar-refractivity contribution in [3.63, 3.8) is 0 Å². The van der Waals surface area contributed by atoms with Crippen molar-refractivity contribution in [2.45, 2.75) is 6.92 Å². The van der Waals surface area contributed by atoms with Crippen molar-refractivity contribution < 1.29 is 0 Å². The third-order valence-corrected chi connectivity index (χ3v) is 1.70. The van der Waals surface area contributed by atoms with E-state index in [1.54, 1.807) is 12.4 Å². The third kappa shape index (κ3) is 1.49. The molecule has 0 unspecified atom stereocenters. The van der Waals surface area contributed by atoms with Crippen molar-refractivity contribution in [2.75, 3.05) is 5.73 Å². The Labute approximate surface area is 80.3 Å². The van der Waals surface area contributed by atoms with Crippen LogP contribution in [0.2, 0.25) is 0 Å². The van der Waals surface area contributed by atoms with Gasteiger partial charge in [0, 0.05) is 12.4 Å². The molecule has 0 bridgehead atoms. The lowest BCUT2D eigenvalue weighted by molar-refractivity contribution is 0.979. The Kier molecular flexibility index (Phi) is 2.02. The molecule has 0 spiro atoms. The second kappa shape index (κ2) is 3.33. The molecule has 2 aromatic rings. The Morgan fingerprint density at radius 2 is 2.00 bits per heavy atom. The fourth-order valence-electron chi connectivity index (χ4n) is 1.09.